The molecular weight excluding hydrogens is 248 g/mol. The predicted octanol–water partition coefficient (Wildman–Crippen LogP) is 2.94. The highest BCUT2D eigenvalue weighted by Crippen LogP contribution is 2.15. The Kier molecular flexibility index (Phi) is 4.55. The summed E-state index contributed by atoms with van der Waals surface area (Å²) in [6.07, 6.45) is 2.79. The number of imidazole rings is 1. The lowest BCUT2D eigenvalue weighted by molar-refractivity contribution is 0.588. The summed E-state index contributed by atoms with van der Waals surface area (Å²) in [6, 6.07) is 4.80. The van der Waals surface area contributed by atoms with Crippen LogP contribution in [0, 0.1) is 13.8 Å². The van der Waals surface area contributed by atoms with Crippen molar-refractivity contribution in [1.29, 1.82) is 0 Å². The molecule has 20 heavy (non-hydrogen) atoms. The first-order chi connectivity index (χ1) is 9.51. The molecule has 108 valence electrons. The van der Waals surface area contributed by atoms with E-state index in [1.807, 2.05) is 13.3 Å². The Morgan fingerprint density at radius 2 is 2.00 bits per heavy atom. The topological polar surface area (TPSA) is 42.7 Å². The van der Waals surface area contributed by atoms with Gasteiger partial charge in [0.05, 0.1) is 5.69 Å². The van der Waals surface area contributed by atoms with Crippen molar-refractivity contribution in [2.75, 3.05) is 0 Å². The number of nitrogens with one attached hydrogen (secondary N) is 1. The number of aromatic nitrogens is 3. The summed E-state index contributed by atoms with van der Waals surface area (Å²) in [5.41, 5.74) is 4.59. The van der Waals surface area contributed by atoms with Crippen LogP contribution in [0.15, 0.2) is 18.5 Å². The summed E-state index contributed by atoms with van der Waals surface area (Å²) < 4.78 is 2.06. The Balaban J connectivity index is 2.37. The molecule has 0 radical (unpaired) electrons. The highest BCUT2D eigenvalue weighted by Gasteiger charge is 2.08. The third-order valence-electron chi connectivity index (χ3n) is 3.50. The van der Waals surface area contributed by atoms with E-state index in [-0.39, 0.29) is 0 Å². The molecule has 0 aromatic carbocycles. The van der Waals surface area contributed by atoms with Gasteiger partial charge >= 0.3 is 0 Å². The van der Waals surface area contributed by atoms with Gasteiger partial charge in [0.15, 0.2) is 0 Å². The Morgan fingerprint density at radius 1 is 1.25 bits per heavy atom. The van der Waals surface area contributed by atoms with Crippen LogP contribution < -0.4 is 5.32 Å². The smallest absolute Gasteiger partial charge is 0.138 e. The maximum Gasteiger partial charge on any atom is 0.138 e. The normalized spacial score (nSPS) is 11.3. The largest absolute Gasteiger partial charge is 0.310 e. The predicted molar refractivity (Wildman–Crippen MR) is 82.2 cm³/mol. The van der Waals surface area contributed by atoms with Gasteiger partial charge in [-0.25, -0.2) is 9.97 Å². The van der Waals surface area contributed by atoms with Crippen LogP contribution in [-0.4, -0.2) is 20.6 Å². The van der Waals surface area contributed by atoms with E-state index < -0.39 is 0 Å². The molecule has 0 fully saturated rings. The average Bonchev–Trinajstić information content (AvgIpc) is 2.76. The molecule has 0 unspecified atom stereocenters. The van der Waals surface area contributed by atoms with E-state index in [0.717, 1.165) is 35.9 Å². The first-order valence-electron chi connectivity index (χ1n) is 7.25. The first-order valence-corrected chi connectivity index (χ1v) is 7.25. The number of rotatable bonds is 5. The molecule has 2 aromatic rings. The van der Waals surface area contributed by atoms with Gasteiger partial charge in [0, 0.05) is 24.0 Å². The molecule has 0 aliphatic carbocycles. The van der Waals surface area contributed by atoms with Gasteiger partial charge in [-0.3, -0.25) is 4.57 Å². The SMILES string of the molecule is CCc1cc(CNC(C)C)cc(-n2cnc(C)c2C)n1. The second kappa shape index (κ2) is 6.18. The third-order valence-corrected chi connectivity index (χ3v) is 3.50. The fourth-order valence-electron chi connectivity index (χ4n) is 2.09. The minimum atomic E-state index is 0.480. The molecule has 0 saturated heterocycles. The number of hydrogen-bond acceptors (Lipinski definition) is 3. The van der Waals surface area contributed by atoms with Crippen molar-refractivity contribution in [3.63, 3.8) is 0 Å². The number of hydrogen-bond donors (Lipinski definition) is 1. The lowest BCUT2D eigenvalue weighted by atomic mass is 10.2. The molecule has 0 saturated carbocycles. The highest BCUT2D eigenvalue weighted by atomic mass is 15.1. The fraction of sp³-hybridized carbons (Fsp3) is 0.500. The second-order valence-electron chi connectivity index (χ2n) is 5.50. The molecule has 4 heteroatoms. The lowest BCUT2D eigenvalue weighted by Crippen LogP contribution is -2.22. The molecule has 2 aromatic heterocycles. The molecule has 2 heterocycles. The molecule has 0 bridgehead atoms. The molecule has 0 spiro atoms. The number of aryl methyl sites for hydroxylation is 2. The van der Waals surface area contributed by atoms with E-state index in [2.05, 4.69) is 54.7 Å². The van der Waals surface area contributed by atoms with Gasteiger partial charge in [0.25, 0.3) is 0 Å². The van der Waals surface area contributed by atoms with Crippen LogP contribution in [-0.2, 0) is 13.0 Å². The van der Waals surface area contributed by atoms with Crippen LogP contribution >= 0.6 is 0 Å². The molecule has 2 rings (SSSR count). The maximum atomic E-state index is 4.72. The van der Waals surface area contributed by atoms with E-state index in [1.165, 1.54) is 5.56 Å². The van der Waals surface area contributed by atoms with Gasteiger partial charge < -0.3 is 5.32 Å². The van der Waals surface area contributed by atoms with Crippen LogP contribution in [0.25, 0.3) is 5.82 Å². The van der Waals surface area contributed by atoms with Gasteiger partial charge in [0.1, 0.15) is 12.1 Å². The van der Waals surface area contributed by atoms with Crippen molar-refractivity contribution < 1.29 is 0 Å². The zero-order valence-corrected chi connectivity index (χ0v) is 13.1. The summed E-state index contributed by atoms with van der Waals surface area (Å²) in [5.74, 6) is 0.961. The van der Waals surface area contributed by atoms with Crippen molar-refractivity contribution in [2.24, 2.45) is 0 Å². The van der Waals surface area contributed by atoms with Gasteiger partial charge in [0.2, 0.25) is 0 Å². The average molecular weight is 272 g/mol. The maximum absolute atomic E-state index is 4.72. The summed E-state index contributed by atoms with van der Waals surface area (Å²) >= 11 is 0. The number of pyridine rings is 1. The van der Waals surface area contributed by atoms with E-state index in [1.54, 1.807) is 0 Å². The first kappa shape index (κ1) is 14.7. The Morgan fingerprint density at radius 3 is 2.55 bits per heavy atom. The second-order valence-corrected chi connectivity index (χ2v) is 5.50. The summed E-state index contributed by atoms with van der Waals surface area (Å²) in [6.45, 7) is 11.4. The molecule has 0 amide bonds. The van der Waals surface area contributed by atoms with Crippen molar-refractivity contribution in [2.45, 2.75) is 53.6 Å². The third kappa shape index (κ3) is 3.25. The standard InChI is InChI=1S/C16H24N4/c1-6-15-7-14(9-17-11(2)3)8-16(19-15)20-10-18-12(4)13(20)5/h7-8,10-11,17H,6,9H2,1-5H3. The Hall–Kier alpha value is -1.68. The van der Waals surface area contributed by atoms with Crippen LogP contribution in [0.4, 0.5) is 0 Å². The van der Waals surface area contributed by atoms with Crippen molar-refractivity contribution in [3.05, 3.63) is 41.1 Å². The van der Waals surface area contributed by atoms with Crippen LogP contribution in [0.2, 0.25) is 0 Å². The minimum Gasteiger partial charge on any atom is -0.310 e. The zero-order valence-electron chi connectivity index (χ0n) is 13.1. The van der Waals surface area contributed by atoms with Crippen molar-refractivity contribution in [1.82, 2.24) is 19.9 Å². The van der Waals surface area contributed by atoms with E-state index in [9.17, 15) is 0 Å². The molecule has 4 nitrogen and oxygen atoms in total. The van der Waals surface area contributed by atoms with Gasteiger partial charge in [-0.2, -0.15) is 0 Å². The van der Waals surface area contributed by atoms with Crippen LogP contribution in [0.1, 0.15) is 43.4 Å². The van der Waals surface area contributed by atoms with E-state index in [4.69, 9.17) is 4.98 Å². The van der Waals surface area contributed by atoms with Crippen molar-refractivity contribution in [3.8, 4) is 5.82 Å². The van der Waals surface area contributed by atoms with Gasteiger partial charge in [-0.1, -0.05) is 20.8 Å². The lowest BCUT2D eigenvalue weighted by Gasteiger charge is -2.12. The summed E-state index contributed by atoms with van der Waals surface area (Å²) in [7, 11) is 0. The van der Waals surface area contributed by atoms with Gasteiger partial charge in [-0.05, 0) is 38.0 Å². The molecule has 0 aliphatic rings. The molecule has 0 aliphatic heterocycles. The summed E-state index contributed by atoms with van der Waals surface area (Å²) in [5, 5.41) is 3.46. The Labute approximate surface area is 121 Å². The zero-order chi connectivity index (χ0) is 14.7. The Bertz CT molecular complexity index is 584. The van der Waals surface area contributed by atoms with E-state index in [0.29, 0.717) is 6.04 Å². The van der Waals surface area contributed by atoms with E-state index >= 15 is 0 Å². The van der Waals surface area contributed by atoms with Crippen molar-refractivity contribution >= 4 is 0 Å². The monoisotopic (exact) mass is 272 g/mol. The highest BCUT2D eigenvalue weighted by molar-refractivity contribution is 5.34. The number of nitrogens with zero attached hydrogens (tertiary/aromatic N) is 3. The van der Waals surface area contributed by atoms with Gasteiger partial charge in [-0.15, -0.1) is 0 Å². The molecule has 1 N–H and O–H groups in total. The van der Waals surface area contributed by atoms with Crippen LogP contribution in [0.5, 0.6) is 0 Å². The summed E-state index contributed by atoms with van der Waals surface area (Å²) in [4.78, 5) is 9.08. The minimum absolute atomic E-state index is 0.480. The molecule has 0 atom stereocenters. The fourth-order valence-corrected chi connectivity index (χ4v) is 2.09. The molecular formula is C16H24N4. The quantitative estimate of drug-likeness (QED) is 0.910. The van der Waals surface area contributed by atoms with Crippen LogP contribution in [0.3, 0.4) is 0 Å².